The molecule has 0 saturated carbocycles. The van der Waals surface area contributed by atoms with Gasteiger partial charge < -0.3 is 1.43 Å². The molecular weight excluding hydrogens is 422 g/mol. The van der Waals surface area contributed by atoms with Gasteiger partial charge in [-0.2, -0.15) is 0 Å². The Bertz CT molecular complexity index is 475. The maximum atomic E-state index is 2.53. The van der Waals surface area contributed by atoms with E-state index in [9.17, 15) is 0 Å². The van der Waals surface area contributed by atoms with E-state index in [4.69, 9.17) is 0 Å². The molecule has 27 heavy (non-hydrogen) atoms. The van der Waals surface area contributed by atoms with E-state index < -0.39 is 32.3 Å². The first-order valence-electron chi connectivity index (χ1n) is 10.5. The van der Waals surface area contributed by atoms with Crippen LogP contribution in [0.2, 0.25) is 88.9 Å². The summed E-state index contributed by atoms with van der Waals surface area (Å²) in [5.74, 6) is 0. The van der Waals surface area contributed by atoms with Crippen molar-refractivity contribution in [1.29, 1.82) is 0 Å². The number of allylic oxidation sites excluding steroid dienone is 6. The van der Waals surface area contributed by atoms with Gasteiger partial charge in [0.25, 0.3) is 0 Å². The van der Waals surface area contributed by atoms with E-state index >= 15 is 0 Å². The third-order valence-electron chi connectivity index (χ3n) is 5.01. The van der Waals surface area contributed by atoms with Gasteiger partial charge in [0.1, 0.15) is 0 Å². The van der Waals surface area contributed by atoms with Crippen molar-refractivity contribution in [2.24, 2.45) is 0 Å². The fourth-order valence-electron chi connectivity index (χ4n) is 4.42. The van der Waals surface area contributed by atoms with Gasteiger partial charge in [-0.3, -0.25) is 0 Å². The van der Waals surface area contributed by atoms with Gasteiger partial charge in [-0.15, -0.1) is 0 Å². The van der Waals surface area contributed by atoms with E-state index in [1.165, 1.54) is 0 Å². The van der Waals surface area contributed by atoms with Gasteiger partial charge >= 0.3 is 188 Å². The molecule has 0 nitrogen and oxygen atoms in total. The summed E-state index contributed by atoms with van der Waals surface area (Å²) in [4.78, 5) is 0. The molecule has 0 aliphatic heterocycles. The summed E-state index contributed by atoms with van der Waals surface area (Å²) in [6, 6.07) is 0. The van der Waals surface area contributed by atoms with Crippen LogP contribution in [0.5, 0.6) is 0 Å². The molecule has 0 rings (SSSR count). The van der Waals surface area contributed by atoms with Crippen molar-refractivity contribution in [1.82, 2.24) is 0 Å². The summed E-state index contributed by atoms with van der Waals surface area (Å²) in [5, 5.41) is 1.72. The first-order chi connectivity index (χ1) is 12.0. The Kier molecular flexibility index (Phi) is 11.5. The summed E-state index contributed by atoms with van der Waals surface area (Å²) >= 11 is -0.390. The number of hydrogen-bond acceptors (Lipinski definition) is 0. The third-order valence-corrected chi connectivity index (χ3v) is 25.0. The minimum atomic E-state index is -1.11. The molecule has 0 atom stereocenters. The van der Waals surface area contributed by atoms with Crippen molar-refractivity contribution in [3.8, 4) is 0 Å². The fraction of sp³-hybridized carbons (Fsp3) is 0.636. The summed E-state index contributed by atoms with van der Waals surface area (Å²) in [6.45, 7) is 30.2. The normalized spacial score (nSPS) is 15.3. The van der Waals surface area contributed by atoms with Crippen LogP contribution in [0.4, 0.5) is 0 Å². The second kappa shape index (κ2) is 11.2. The first-order valence-corrected chi connectivity index (χ1v) is 26.9. The van der Waals surface area contributed by atoms with Gasteiger partial charge in [0.05, 0.1) is 0 Å². The molecule has 0 radical (unpaired) electrons. The number of rotatable bonds is 10. The molecule has 154 valence electrons. The molecular formula is C22H47ScSi4. The number of hydrogen-bond donors (Lipinski definition) is 0. The van der Waals surface area contributed by atoms with E-state index in [0.29, 0.717) is 0 Å². The van der Waals surface area contributed by atoms with Gasteiger partial charge in [-0.1, -0.05) is 0 Å². The van der Waals surface area contributed by atoms with Crippen molar-refractivity contribution in [2.45, 2.75) is 88.9 Å². The molecule has 5 heteroatoms. The average molecular weight is 469 g/mol. The molecule has 0 aromatic carbocycles. The van der Waals surface area contributed by atoms with Crippen LogP contribution in [0, 0.1) is 0 Å². The minimum absolute atomic E-state index is 0. The summed E-state index contributed by atoms with van der Waals surface area (Å²) in [7, 11) is -4.45. The molecule has 0 aliphatic rings. The third kappa shape index (κ3) is 12.1. The molecule has 0 unspecified atom stereocenters. The second-order valence-corrected chi connectivity index (χ2v) is 36.5. The Labute approximate surface area is 188 Å². The monoisotopic (exact) mass is 468 g/mol. The van der Waals surface area contributed by atoms with E-state index in [0.717, 1.165) is 10.3 Å². The SMILES string of the molecule is C[Si](C)(C)C(C=CC=[CH][Sc+][CH]=CC=CC([Si](C)(C)C)[Si](C)(C)C)[Si](C)(C)C.[H-]. The van der Waals surface area contributed by atoms with Crippen molar-refractivity contribution in [2.75, 3.05) is 0 Å². The Morgan fingerprint density at radius 1 is 0.481 bits per heavy atom. The zero-order valence-corrected chi connectivity index (χ0v) is 26.2. The van der Waals surface area contributed by atoms with E-state index in [1.807, 2.05) is 0 Å². The summed E-state index contributed by atoms with van der Waals surface area (Å²) < 4.78 is 4.87. The Hall–Kier alpha value is 0.698. The average Bonchev–Trinajstić information content (AvgIpc) is 2.38. The maximum absolute atomic E-state index is 2.53. The molecule has 0 heterocycles. The Morgan fingerprint density at radius 3 is 0.963 bits per heavy atom. The van der Waals surface area contributed by atoms with E-state index in [2.05, 4.69) is 123 Å². The van der Waals surface area contributed by atoms with Crippen molar-refractivity contribution in [3.63, 3.8) is 0 Å². The standard InChI is InChI=1S/2C11H23Si2.Sc.H/c2*1-8-9-10-11(12(2,3)4)13(5,6)7;;/h2*1,8-11H,2-7H3;;/q;;+1;-1. The molecule has 0 aromatic heterocycles. The Balaban J connectivity index is 0. The van der Waals surface area contributed by atoms with Crippen molar-refractivity contribution in [3.05, 3.63) is 44.1 Å². The van der Waals surface area contributed by atoms with Gasteiger partial charge in [0.2, 0.25) is 0 Å². The van der Waals surface area contributed by atoms with Crippen LogP contribution in [-0.2, 0) is 22.9 Å². The molecule has 0 fully saturated rings. The predicted octanol–water partition coefficient (Wildman–Crippen LogP) is 8.49. The van der Waals surface area contributed by atoms with Crippen molar-refractivity contribution >= 4 is 32.3 Å². The van der Waals surface area contributed by atoms with Gasteiger partial charge in [0.15, 0.2) is 0 Å². The molecule has 0 saturated heterocycles. The summed E-state index contributed by atoms with van der Waals surface area (Å²) in [6.07, 6.45) is 14.4. The maximum Gasteiger partial charge on any atom is -1.00 e. The molecule has 0 spiro atoms. The zero-order valence-electron chi connectivity index (χ0n) is 21.4. The quantitative estimate of drug-likeness (QED) is 0.223. The summed E-state index contributed by atoms with van der Waals surface area (Å²) in [5.41, 5.74) is 0. The largest absolute Gasteiger partial charge is 1.00 e. The zero-order chi connectivity index (χ0) is 21.5. The second-order valence-electron chi connectivity index (χ2n) is 12.2. The van der Waals surface area contributed by atoms with Crippen LogP contribution in [-0.4, -0.2) is 32.3 Å². The van der Waals surface area contributed by atoms with Gasteiger partial charge in [-0.05, 0) is 0 Å². The van der Waals surface area contributed by atoms with Gasteiger partial charge in [-0.25, -0.2) is 0 Å². The molecule has 0 aromatic rings. The van der Waals surface area contributed by atoms with Crippen molar-refractivity contribution < 1.29 is 24.3 Å². The van der Waals surface area contributed by atoms with E-state index in [1.54, 1.807) is 0 Å². The van der Waals surface area contributed by atoms with Gasteiger partial charge in [0, 0.05) is 0 Å². The van der Waals surface area contributed by atoms with Crippen LogP contribution in [0.15, 0.2) is 44.1 Å². The Morgan fingerprint density at radius 2 is 0.741 bits per heavy atom. The molecule has 0 bridgehead atoms. The van der Waals surface area contributed by atoms with Crippen LogP contribution >= 0.6 is 0 Å². The van der Waals surface area contributed by atoms with Crippen LogP contribution in [0.25, 0.3) is 0 Å². The predicted molar refractivity (Wildman–Crippen MR) is 139 cm³/mol. The first kappa shape index (κ1) is 27.7. The molecule has 0 N–H and O–H groups in total. The van der Waals surface area contributed by atoms with Crippen LogP contribution < -0.4 is 0 Å². The van der Waals surface area contributed by atoms with Crippen LogP contribution in [0.3, 0.4) is 0 Å². The van der Waals surface area contributed by atoms with Crippen LogP contribution in [0.1, 0.15) is 1.43 Å². The molecule has 0 aliphatic carbocycles. The smallest absolute Gasteiger partial charge is 1.00 e. The topological polar surface area (TPSA) is 0 Å². The van der Waals surface area contributed by atoms with E-state index in [-0.39, 0.29) is 24.3 Å². The fourth-order valence-corrected chi connectivity index (χ4v) is 29.0. The molecule has 0 amide bonds. The minimum Gasteiger partial charge on any atom is -1.00 e.